The van der Waals surface area contributed by atoms with Crippen LogP contribution in [0.4, 0.5) is 4.79 Å². The molecule has 1 saturated heterocycles. The zero-order chi connectivity index (χ0) is 14.9. The summed E-state index contributed by atoms with van der Waals surface area (Å²) in [5, 5.41) is 2.94. The van der Waals surface area contributed by atoms with E-state index in [1.165, 1.54) is 19.3 Å². The van der Waals surface area contributed by atoms with E-state index < -0.39 is 0 Å². The number of rotatable bonds is 6. The van der Waals surface area contributed by atoms with Crippen LogP contribution in [0.5, 0.6) is 0 Å². The molecule has 0 spiro atoms. The molecule has 0 aromatic carbocycles. The molecule has 21 heavy (non-hydrogen) atoms. The van der Waals surface area contributed by atoms with Gasteiger partial charge in [-0.2, -0.15) is 0 Å². The molecule has 2 heterocycles. The van der Waals surface area contributed by atoms with E-state index in [0.29, 0.717) is 6.54 Å². The molecule has 0 bridgehead atoms. The molecule has 0 atom stereocenters. The minimum atomic E-state index is 0.0221. The Bertz CT molecular complexity index is 416. The van der Waals surface area contributed by atoms with Crippen molar-refractivity contribution in [2.45, 2.75) is 32.7 Å². The van der Waals surface area contributed by atoms with Gasteiger partial charge in [0, 0.05) is 32.4 Å². The fourth-order valence-corrected chi connectivity index (χ4v) is 2.54. The Hall–Kier alpha value is -1.62. The highest BCUT2D eigenvalue weighted by Gasteiger charge is 2.20. The summed E-state index contributed by atoms with van der Waals surface area (Å²) in [5.41, 5.74) is 0.893. The summed E-state index contributed by atoms with van der Waals surface area (Å²) < 4.78 is 0. The monoisotopic (exact) mass is 290 g/mol. The molecule has 1 aliphatic heterocycles. The van der Waals surface area contributed by atoms with Gasteiger partial charge in [-0.1, -0.05) is 25.8 Å². The van der Waals surface area contributed by atoms with Crippen LogP contribution >= 0.6 is 0 Å². The van der Waals surface area contributed by atoms with Gasteiger partial charge in [-0.3, -0.25) is 9.88 Å². The second kappa shape index (κ2) is 8.62. The van der Waals surface area contributed by atoms with Crippen molar-refractivity contribution in [1.82, 2.24) is 20.1 Å². The van der Waals surface area contributed by atoms with Gasteiger partial charge in [-0.05, 0) is 25.1 Å². The van der Waals surface area contributed by atoms with Crippen LogP contribution in [0.1, 0.15) is 31.9 Å². The molecular weight excluding hydrogens is 264 g/mol. The van der Waals surface area contributed by atoms with E-state index in [1.54, 1.807) is 6.20 Å². The van der Waals surface area contributed by atoms with Crippen molar-refractivity contribution in [3.63, 3.8) is 0 Å². The van der Waals surface area contributed by atoms with Gasteiger partial charge in [0.1, 0.15) is 0 Å². The van der Waals surface area contributed by atoms with Gasteiger partial charge in [0.05, 0.1) is 12.2 Å². The quantitative estimate of drug-likeness (QED) is 0.816. The molecule has 0 unspecified atom stereocenters. The first-order chi connectivity index (χ1) is 10.3. The number of hydrogen-bond acceptors (Lipinski definition) is 3. The Labute approximate surface area is 127 Å². The number of unbranched alkanes of at least 4 members (excludes halogenated alkanes) is 2. The Morgan fingerprint density at radius 1 is 1.24 bits per heavy atom. The van der Waals surface area contributed by atoms with E-state index in [4.69, 9.17) is 0 Å². The first kappa shape index (κ1) is 15.8. The van der Waals surface area contributed by atoms with E-state index in [-0.39, 0.29) is 6.03 Å². The first-order valence-corrected chi connectivity index (χ1v) is 7.94. The molecule has 2 rings (SSSR count). The number of urea groups is 1. The number of nitrogens with one attached hydrogen (secondary N) is 1. The van der Waals surface area contributed by atoms with Gasteiger partial charge in [0.2, 0.25) is 0 Å². The van der Waals surface area contributed by atoms with Crippen molar-refractivity contribution in [2.24, 2.45) is 0 Å². The number of piperazine rings is 1. The van der Waals surface area contributed by atoms with E-state index in [2.05, 4.69) is 22.1 Å². The summed E-state index contributed by atoms with van der Waals surface area (Å²) in [5.74, 6) is 0. The van der Waals surface area contributed by atoms with Gasteiger partial charge >= 0.3 is 6.03 Å². The Balaban J connectivity index is 1.66. The summed E-state index contributed by atoms with van der Waals surface area (Å²) in [6.07, 6.45) is 5.57. The molecule has 1 aliphatic rings. The van der Waals surface area contributed by atoms with Crippen LogP contribution in [-0.4, -0.2) is 53.5 Å². The molecule has 2 amide bonds. The highest BCUT2D eigenvalue weighted by Crippen LogP contribution is 2.05. The summed E-state index contributed by atoms with van der Waals surface area (Å²) in [7, 11) is 0. The molecular formula is C16H26N4O. The van der Waals surface area contributed by atoms with Crippen molar-refractivity contribution in [3.8, 4) is 0 Å². The molecule has 1 fully saturated rings. The van der Waals surface area contributed by atoms with Crippen LogP contribution in [-0.2, 0) is 6.54 Å². The number of pyridine rings is 1. The van der Waals surface area contributed by atoms with Crippen molar-refractivity contribution >= 4 is 6.03 Å². The lowest BCUT2D eigenvalue weighted by atomic mass is 10.2. The molecule has 5 nitrogen and oxygen atoms in total. The maximum atomic E-state index is 12.1. The highest BCUT2D eigenvalue weighted by atomic mass is 16.2. The van der Waals surface area contributed by atoms with Crippen LogP contribution in [0.3, 0.4) is 0 Å². The van der Waals surface area contributed by atoms with Crippen LogP contribution < -0.4 is 5.32 Å². The molecule has 1 aromatic rings. The molecule has 116 valence electrons. The molecule has 0 saturated carbocycles. The number of aromatic nitrogens is 1. The summed E-state index contributed by atoms with van der Waals surface area (Å²) in [4.78, 5) is 20.7. The van der Waals surface area contributed by atoms with Crippen LogP contribution in [0.2, 0.25) is 0 Å². The lowest BCUT2D eigenvalue weighted by Crippen LogP contribution is -2.51. The van der Waals surface area contributed by atoms with Crippen molar-refractivity contribution < 1.29 is 4.79 Å². The second-order valence-corrected chi connectivity index (χ2v) is 5.52. The minimum absolute atomic E-state index is 0.0221. The number of hydrogen-bond donors (Lipinski definition) is 1. The molecule has 5 heteroatoms. The molecule has 0 radical (unpaired) electrons. The Kier molecular flexibility index (Phi) is 6.47. The summed E-state index contributed by atoms with van der Waals surface area (Å²) in [6.45, 7) is 7.50. The van der Waals surface area contributed by atoms with Gasteiger partial charge in [-0.25, -0.2) is 4.79 Å². The predicted octanol–water partition coefficient (Wildman–Crippen LogP) is 2.10. The third-order valence-electron chi connectivity index (χ3n) is 3.88. The third-order valence-corrected chi connectivity index (χ3v) is 3.88. The van der Waals surface area contributed by atoms with Crippen LogP contribution in [0, 0.1) is 0 Å². The largest absolute Gasteiger partial charge is 0.332 e. The predicted molar refractivity (Wildman–Crippen MR) is 84.0 cm³/mol. The van der Waals surface area contributed by atoms with Crippen molar-refractivity contribution in [2.75, 3.05) is 32.7 Å². The standard InChI is InChI=1S/C16H26N4O/c1-2-3-6-9-19-10-12-20(13-11-19)16(21)18-14-15-7-4-5-8-17-15/h4-5,7-8H,2-3,6,9-14H2,1H3,(H,18,21). The number of nitrogens with zero attached hydrogens (tertiary/aromatic N) is 3. The first-order valence-electron chi connectivity index (χ1n) is 7.94. The second-order valence-electron chi connectivity index (χ2n) is 5.52. The smallest absolute Gasteiger partial charge is 0.317 e. The Morgan fingerprint density at radius 3 is 2.71 bits per heavy atom. The maximum absolute atomic E-state index is 12.1. The van der Waals surface area contributed by atoms with E-state index in [9.17, 15) is 4.79 Å². The SMILES string of the molecule is CCCCCN1CCN(C(=O)NCc2ccccn2)CC1. The zero-order valence-electron chi connectivity index (χ0n) is 12.9. The van der Waals surface area contributed by atoms with Crippen molar-refractivity contribution in [1.29, 1.82) is 0 Å². The average Bonchev–Trinajstić information content (AvgIpc) is 2.54. The zero-order valence-corrected chi connectivity index (χ0v) is 12.9. The topological polar surface area (TPSA) is 48.5 Å². The third kappa shape index (κ3) is 5.34. The van der Waals surface area contributed by atoms with Crippen molar-refractivity contribution in [3.05, 3.63) is 30.1 Å². The fourth-order valence-electron chi connectivity index (χ4n) is 2.54. The summed E-state index contributed by atoms with van der Waals surface area (Å²) in [6, 6.07) is 5.76. The van der Waals surface area contributed by atoms with Crippen LogP contribution in [0.25, 0.3) is 0 Å². The fraction of sp³-hybridized carbons (Fsp3) is 0.625. The van der Waals surface area contributed by atoms with E-state index in [0.717, 1.165) is 38.4 Å². The minimum Gasteiger partial charge on any atom is -0.332 e. The van der Waals surface area contributed by atoms with Gasteiger partial charge in [-0.15, -0.1) is 0 Å². The maximum Gasteiger partial charge on any atom is 0.317 e. The molecule has 1 N–H and O–H groups in total. The normalized spacial score (nSPS) is 16.0. The lowest BCUT2D eigenvalue weighted by molar-refractivity contribution is 0.137. The summed E-state index contributed by atoms with van der Waals surface area (Å²) >= 11 is 0. The Morgan fingerprint density at radius 2 is 2.05 bits per heavy atom. The highest BCUT2D eigenvalue weighted by molar-refractivity contribution is 5.74. The number of amides is 2. The lowest BCUT2D eigenvalue weighted by Gasteiger charge is -2.34. The van der Waals surface area contributed by atoms with Crippen LogP contribution in [0.15, 0.2) is 24.4 Å². The molecule has 0 aliphatic carbocycles. The number of carbonyl (C=O) groups is 1. The average molecular weight is 290 g/mol. The van der Waals surface area contributed by atoms with Gasteiger partial charge in [0.15, 0.2) is 0 Å². The van der Waals surface area contributed by atoms with Gasteiger partial charge in [0.25, 0.3) is 0 Å². The molecule has 1 aromatic heterocycles. The van der Waals surface area contributed by atoms with Gasteiger partial charge < -0.3 is 10.2 Å². The number of carbonyl (C=O) groups excluding carboxylic acids is 1. The van der Waals surface area contributed by atoms with E-state index in [1.807, 2.05) is 23.1 Å². The van der Waals surface area contributed by atoms with E-state index >= 15 is 0 Å².